The van der Waals surface area contributed by atoms with Gasteiger partial charge in [0.25, 0.3) is 5.56 Å². The summed E-state index contributed by atoms with van der Waals surface area (Å²) in [7, 11) is 2.77. The quantitative estimate of drug-likeness (QED) is 0.544. The number of nitrogen functional groups attached to an aromatic ring is 1. The van der Waals surface area contributed by atoms with Crippen LogP contribution in [-0.4, -0.2) is 57.8 Å². The van der Waals surface area contributed by atoms with Gasteiger partial charge in [0.15, 0.2) is 11.9 Å². The molecule has 2 rings (SSSR count). The Hall–Kier alpha value is -1.94. The Morgan fingerprint density at radius 2 is 2.14 bits per heavy atom. The van der Waals surface area contributed by atoms with Crippen LogP contribution in [0.4, 0.5) is 5.95 Å². The number of fused-ring (bicyclic) bond motifs is 1. The van der Waals surface area contributed by atoms with Crippen molar-refractivity contribution in [1.82, 2.24) is 14.5 Å². The average Bonchev–Trinajstić information content (AvgIpc) is 2.78. The normalized spacial score (nSPS) is 15.9. The highest BCUT2D eigenvalue weighted by atomic mass is 16.5. The van der Waals surface area contributed by atoms with Gasteiger partial charge >= 0.3 is 0 Å². The summed E-state index contributed by atoms with van der Waals surface area (Å²) in [6.45, 7) is 1.36. The van der Waals surface area contributed by atoms with Gasteiger partial charge in [-0.05, 0) is 12.5 Å². The van der Waals surface area contributed by atoms with E-state index in [0.717, 1.165) is 0 Å². The fraction of sp³-hybridized carbons (Fsp3) is 0.538. The third-order valence-corrected chi connectivity index (χ3v) is 3.56. The monoisotopic (exact) mass is 312 g/mol. The van der Waals surface area contributed by atoms with Gasteiger partial charge in [0, 0.05) is 20.4 Å². The molecule has 0 aliphatic carbocycles. The average molecular weight is 312 g/mol. The van der Waals surface area contributed by atoms with Crippen LogP contribution in [0.1, 0.15) is 11.8 Å². The number of aliphatic hydroxyl groups excluding tert-OH is 2. The van der Waals surface area contributed by atoms with Crippen LogP contribution in [-0.2, 0) is 9.47 Å². The molecule has 2 aromatic rings. The van der Waals surface area contributed by atoms with E-state index in [2.05, 4.69) is 9.97 Å². The molecule has 0 amide bonds. The third kappa shape index (κ3) is 2.71. The number of rotatable bonds is 6. The van der Waals surface area contributed by atoms with E-state index in [-0.39, 0.29) is 23.8 Å². The fourth-order valence-corrected chi connectivity index (χ4v) is 2.47. The molecule has 5 N–H and O–H groups in total. The van der Waals surface area contributed by atoms with Gasteiger partial charge in [-0.25, -0.2) is 0 Å². The number of methoxy groups -OCH3 is 2. The Balaban J connectivity index is 2.59. The molecule has 0 unspecified atom stereocenters. The van der Waals surface area contributed by atoms with Crippen LogP contribution in [0, 0.1) is 6.92 Å². The van der Waals surface area contributed by atoms with Gasteiger partial charge in [0.1, 0.15) is 12.2 Å². The van der Waals surface area contributed by atoms with Gasteiger partial charge in [0.05, 0.1) is 12.0 Å². The van der Waals surface area contributed by atoms with Gasteiger partial charge in [-0.3, -0.25) is 9.78 Å². The number of ether oxygens (including phenoxy) is 2. The lowest BCUT2D eigenvalue weighted by atomic mass is 10.2. The summed E-state index contributed by atoms with van der Waals surface area (Å²) in [6.07, 6.45) is -1.28. The number of nitrogens with one attached hydrogen (secondary N) is 1. The molecule has 0 aliphatic rings. The van der Waals surface area contributed by atoms with Gasteiger partial charge < -0.3 is 30.0 Å². The van der Waals surface area contributed by atoms with E-state index < -0.39 is 18.4 Å². The number of aromatic nitrogens is 3. The number of anilines is 1. The van der Waals surface area contributed by atoms with Crippen LogP contribution in [0.3, 0.4) is 0 Å². The maximum atomic E-state index is 12.0. The van der Waals surface area contributed by atoms with E-state index in [9.17, 15) is 15.0 Å². The molecule has 2 heterocycles. The van der Waals surface area contributed by atoms with E-state index in [1.807, 2.05) is 0 Å². The zero-order chi connectivity index (χ0) is 16.4. The number of hydrogen-bond acceptors (Lipinski definition) is 7. The summed E-state index contributed by atoms with van der Waals surface area (Å²) in [6, 6.07) is 0. The fourth-order valence-electron chi connectivity index (χ4n) is 2.47. The predicted octanol–water partition coefficient (Wildman–Crippen LogP) is -0.872. The number of nitrogens with zero attached hydrogens (tertiary/aromatic N) is 2. The molecule has 9 heteroatoms. The highest BCUT2D eigenvalue weighted by molar-refractivity contribution is 5.80. The van der Waals surface area contributed by atoms with Crippen molar-refractivity contribution in [3.63, 3.8) is 0 Å². The largest absolute Gasteiger partial charge is 0.394 e. The zero-order valence-electron chi connectivity index (χ0n) is 12.6. The minimum atomic E-state index is -1.17. The molecule has 0 aliphatic heterocycles. The van der Waals surface area contributed by atoms with E-state index in [1.54, 1.807) is 13.1 Å². The molecule has 3 atom stereocenters. The first-order valence-electron chi connectivity index (χ1n) is 6.66. The van der Waals surface area contributed by atoms with Crippen LogP contribution in [0.2, 0.25) is 0 Å². The first-order valence-corrected chi connectivity index (χ1v) is 6.66. The number of aryl methyl sites for hydroxylation is 1. The van der Waals surface area contributed by atoms with E-state index in [4.69, 9.17) is 15.2 Å². The molecule has 22 heavy (non-hydrogen) atoms. The van der Waals surface area contributed by atoms with Crippen molar-refractivity contribution in [1.29, 1.82) is 0 Å². The molecule has 9 nitrogen and oxygen atoms in total. The topological polar surface area (TPSA) is 136 Å². The van der Waals surface area contributed by atoms with Gasteiger partial charge in [-0.2, -0.15) is 4.98 Å². The lowest BCUT2D eigenvalue weighted by Gasteiger charge is -2.28. The second-order valence-corrected chi connectivity index (χ2v) is 4.94. The Kier molecular flexibility index (Phi) is 4.81. The van der Waals surface area contributed by atoms with Gasteiger partial charge in [-0.15, -0.1) is 0 Å². The number of hydrogen-bond donors (Lipinski definition) is 4. The standard InChI is InChI=1S/C13H20N4O5/c1-6-4-17(10-8(6)11(20)16-13(14)15-10)12(22-3)9(19)7(5-18)21-2/h4,7,9,12,18-19H,5H2,1-3H3,(H3,14,15,16,20)/t7-,9-,12-/m1/s1. The van der Waals surface area contributed by atoms with Crippen LogP contribution in [0.5, 0.6) is 0 Å². The van der Waals surface area contributed by atoms with Crippen molar-refractivity contribution in [2.24, 2.45) is 0 Å². The smallest absolute Gasteiger partial charge is 0.262 e. The van der Waals surface area contributed by atoms with Crippen molar-refractivity contribution in [2.75, 3.05) is 26.6 Å². The molecular weight excluding hydrogens is 292 g/mol. The third-order valence-electron chi connectivity index (χ3n) is 3.56. The van der Waals surface area contributed by atoms with Crippen molar-refractivity contribution in [3.05, 3.63) is 22.1 Å². The highest BCUT2D eigenvalue weighted by Crippen LogP contribution is 2.25. The molecule has 0 radical (unpaired) electrons. The number of aromatic amines is 1. The molecule has 0 spiro atoms. The molecule has 122 valence electrons. The summed E-state index contributed by atoms with van der Waals surface area (Å²) in [5.74, 6) is -0.0355. The lowest BCUT2D eigenvalue weighted by molar-refractivity contribution is -0.129. The first kappa shape index (κ1) is 16.4. The number of aliphatic hydroxyl groups is 2. The lowest BCUT2D eigenvalue weighted by Crippen LogP contribution is -2.39. The summed E-state index contributed by atoms with van der Waals surface area (Å²) in [5.41, 5.74) is 6.17. The minimum Gasteiger partial charge on any atom is -0.394 e. The van der Waals surface area contributed by atoms with Crippen LogP contribution < -0.4 is 11.3 Å². The summed E-state index contributed by atoms with van der Waals surface area (Å²) >= 11 is 0. The number of H-pyrrole nitrogens is 1. The second kappa shape index (κ2) is 6.44. The first-order chi connectivity index (χ1) is 10.4. The SMILES string of the molecule is CO[C@H]([C@H](O)[C@@H](CO)OC)n1cc(C)c2c(=O)[nH]c(N)nc21. The summed E-state index contributed by atoms with van der Waals surface area (Å²) in [4.78, 5) is 18.5. The van der Waals surface area contributed by atoms with Crippen LogP contribution >= 0.6 is 0 Å². The number of nitrogens with two attached hydrogens (primary N) is 1. The molecule has 2 aromatic heterocycles. The van der Waals surface area contributed by atoms with Crippen LogP contribution in [0.25, 0.3) is 11.0 Å². The molecule has 0 saturated heterocycles. The van der Waals surface area contributed by atoms with Crippen molar-refractivity contribution in [2.45, 2.75) is 25.4 Å². The molecule has 0 bridgehead atoms. The molecule has 0 aromatic carbocycles. The Bertz CT molecular complexity index is 706. The Morgan fingerprint density at radius 3 is 2.68 bits per heavy atom. The van der Waals surface area contributed by atoms with E-state index >= 15 is 0 Å². The molecule has 0 saturated carbocycles. The van der Waals surface area contributed by atoms with Gasteiger partial charge in [-0.1, -0.05) is 0 Å². The van der Waals surface area contributed by atoms with Crippen molar-refractivity contribution >= 4 is 17.0 Å². The zero-order valence-corrected chi connectivity index (χ0v) is 12.6. The van der Waals surface area contributed by atoms with Crippen molar-refractivity contribution in [3.8, 4) is 0 Å². The maximum absolute atomic E-state index is 12.0. The van der Waals surface area contributed by atoms with Crippen molar-refractivity contribution < 1.29 is 19.7 Å². The summed E-state index contributed by atoms with van der Waals surface area (Å²) < 4.78 is 11.8. The molecular formula is C13H20N4O5. The maximum Gasteiger partial charge on any atom is 0.262 e. The van der Waals surface area contributed by atoms with E-state index in [1.165, 1.54) is 18.8 Å². The highest BCUT2D eigenvalue weighted by Gasteiger charge is 2.30. The second-order valence-electron chi connectivity index (χ2n) is 4.94. The summed E-state index contributed by atoms with van der Waals surface area (Å²) in [5, 5.41) is 20.0. The van der Waals surface area contributed by atoms with E-state index in [0.29, 0.717) is 10.9 Å². The van der Waals surface area contributed by atoms with Crippen LogP contribution in [0.15, 0.2) is 11.0 Å². The van der Waals surface area contributed by atoms with Gasteiger partial charge in [0.2, 0.25) is 5.95 Å². The Morgan fingerprint density at radius 1 is 1.45 bits per heavy atom. The minimum absolute atomic E-state index is 0.0355. The predicted molar refractivity (Wildman–Crippen MR) is 79.4 cm³/mol. The molecule has 0 fully saturated rings. The Labute approximate surface area is 126 Å².